The zero-order chi connectivity index (χ0) is 7.90. The summed E-state index contributed by atoms with van der Waals surface area (Å²) in [5, 5.41) is 0. The van der Waals surface area contributed by atoms with Crippen LogP contribution in [0.25, 0.3) is 0 Å². The van der Waals surface area contributed by atoms with E-state index in [-0.39, 0.29) is 0 Å². The van der Waals surface area contributed by atoms with Gasteiger partial charge >= 0.3 is 0 Å². The van der Waals surface area contributed by atoms with Crippen LogP contribution >= 0.6 is 7.26 Å². The molecule has 1 fully saturated rings. The summed E-state index contributed by atoms with van der Waals surface area (Å²) in [5.74, 6) is 3.72. The molecule has 0 saturated heterocycles. The Morgan fingerprint density at radius 3 is 3.00 bits per heavy atom. The summed E-state index contributed by atoms with van der Waals surface area (Å²) in [6.07, 6.45) is 7.39. The molecule has 1 aliphatic heterocycles. The SMILES string of the molecule is C[P+]1(C)C=C2CCCC(C2)C1. The summed E-state index contributed by atoms with van der Waals surface area (Å²) in [5.41, 5.74) is 1.80. The van der Waals surface area contributed by atoms with Gasteiger partial charge in [0, 0.05) is 7.26 Å². The second-order valence-corrected chi connectivity index (χ2v) is 8.89. The molecule has 1 aliphatic carbocycles. The normalized spacial score (nSPS) is 34.7. The second kappa shape index (κ2) is 2.59. The molecule has 2 rings (SSSR count). The molecule has 1 atom stereocenters. The number of hydrogen-bond donors (Lipinski definition) is 0. The Hall–Kier alpha value is 0.170. The summed E-state index contributed by atoms with van der Waals surface area (Å²) in [4.78, 5) is 0. The molecule has 0 nitrogen and oxygen atoms in total. The van der Waals surface area contributed by atoms with Gasteiger partial charge in [-0.25, -0.2) is 0 Å². The van der Waals surface area contributed by atoms with E-state index in [9.17, 15) is 0 Å². The maximum absolute atomic E-state index is 2.64. The van der Waals surface area contributed by atoms with Crippen molar-refractivity contribution < 1.29 is 0 Å². The van der Waals surface area contributed by atoms with Crippen molar-refractivity contribution >= 4 is 7.26 Å². The molecule has 1 unspecified atom stereocenters. The first-order valence-electron chi connectivity index (χ1n) is 4.69. The predicted molar refractivity (Wildman–Crippen MR) is 53.7 cm³/mol. The molecule has 2 bridgehead atoms. The summed E-state index contributed by atoms with van der Waals surface area (Å²) < 4.78 is 0. The highest BCUT2D eigenvalue weighted by atomic mass is 31.2. The van der Waals surface area contributed by atoms with Crippen LogP contribution in [0.1, 0.15) is 25.7 Å². The summed E-state index contributed by atoms with van der Waals surface area (Å²) in [6, 6.07) is 0. The molecular weight excluding hydrogens is 151 g/mol. The van der Waals surface area contributed by atoms with E-state index in [1.165, 1.54) is 31.8 Å². The maximum Gasteiger partial charge on any atom is 0.0661 e. The van der Waals surface area contributed by atoms with Gasteiger partial charge in [0.1, 0.15) is 0 Å². The zero-order valence-electron chi connectivity index (χ0n) is 7.64. The van der Waals surface area contributed by atoms with Crippen LogP contribution in [0.4, 0.5) is 0 Å². The Morgan fingerprint density at radius 2 is 2.27 bits per heavy atom. The van der Waals surface area contributed by atoms with E-state index in [1.54, 1.807) is 5.57 Å². The lowest BCUT2D eigenvalue weighted by Crippen LogP contribution is -2.18. The van der Waals surface area contributed by atoms with E-state index in [2.05, 4.69) is 19.1 Å². The lowest BCUT2D eigenvalue weighted by atomic mass is 9.87. The average Bonchev–Trinajstić information content (AvgIpc) is 1.82. The van der Waals surface area contributed by atoms with Gasteiger partial charge in [-0.2, -0.15) is 0 Å². The monoisotopic (exact) mass is 169 g/mol. The standard InChI is InChI=1S/C10H18P/c1-11(2)7-9-4-3-5-10(6-9)8-11/h7,10H,3-6,8H2,1-2H3/q+1. The Kier molecular flexibility index (Phi) is 1.84. The van der Waals surface area contributed by atoms with Crippen LogP contribution in [-0.2, 0) is 0 Å². The van der Waals surface area contributed by atoms with Crippen molar-refractivity contribution in [3.05, 3.63) is 11.4 Å². The predicted octanol–water partition coefficient (Wildman–Crippen LogP) is 3.35. The first-order valence-corrected chi connectivity index (χ1v) is 7.63. The highest BCUT2D eigenvalue weighted by Crippen LogP contribution is 2.60. The minimum Gasteiger partial charge on any atom is -0.0490 e. The van der Waals surface area contributed by atoms with E-state index in [0.29, 0.717) is 0 Å². The average molecular weight is 169 g/mol. The molecule has 11 heavy (non-hydrogen) atoms. The first-order chi connectivity index (χ1) is 5.16. The largest absolute Gasteiger partial charge is 0.0661 e. The third-order valence-electron chi connectivity index (χ3n) is 2.92. The molecule has 62 valence electrons. The summed E-state index contributed by atoms with van der Waals surface area (Å²) in [6.45, 7) is 4.98. The smallest absolute Gasteiger partial charge is 0.0490 e. The van der Waals surface area contributed by atoms with E-state index in [0.717, 1.165) is 5.92 Å². The van der Waals surface area contributed by atoms with Crippen LogP contribution in [-0.4, -0.2) is 19.5 Å². The lowest BCUT2D eigenvalue weighted by Gasteiger charge is -2.32. The molecular formula is C10H18P+. The molecule has 0 radical (unpaired) electrons. The van der Waals surface area contributed by atoms with Crippen LogP contribution in [0, 0.1) is 5.92 Å². The minimum atomic E-state index is -0.576. The van der Waals surface area contributed by atoms with Crippen molar-refractivity contribution in [1.29, 1.82) is 0 Å². The molecule has 1 heteroatoms. The Morgan fingerprint density at radius 1 is 1.45 bits per heavy atom. The topological polar surface area (TPSA) is 0 Å². The van der Waals surface area contributed by atoms with Gasteiger partial charge in [-0.15, -0.1) is 0 Å². The van der Waals surface area contributed by atoms with Gasteiger partial charge in [0.2, 0.25) is 0 Å². The molecule has 0 aromatic carbocycles. The molecule has 0 N–H and O–H groups in total. The quantitative estimate of drug-likeness (QED) is 0.488. The zero-order valence-corrected chi connectivity index (χ0v) is 8.53. The van der Waals surface area contributed by atoms with Crippen molar-refractivity contribution in [2.24, 2.45) is 5.92 Å². The van der Waals surface area contributed by atoms with E-state index >= 15 is 0 Å². The van der Waals surface area contributed by atoms with Crippen molar-refractivity contribution in [2.45, 2.75) is 25.7 Å². The van der Waals surface area contributed by atoms with Crippen LogP contribution in [0.15, 0.2) is 11.4 Å². The molecule has 0 aromatic heterocycles. The Labute approximate surface area is 70.4 Å². The van der Waals surface area contributed by atoms with Crippen LogP contribution in [0.5, 0.6) is 0 Å². The number of hydrogen-bond acceptors (Lipinski definition) is 0. The van der Waals surface area contributed by atoms with Gasteiger partial charge < -0.3 is 0 Å². The Bertz CT molecular complexity index is 191. The van der Waals surface area contributed by atoms with Gasteiger partial charge in [0.15, 0.2) is 0 Å². The van der Waals surface area contributed by atoms with Crippen LogP contribution in [0.2, 0.25) is 0 Å². The van der Waals surface area contributed by atoms with E-state index in [4.69, 9.17) is 0 Å². The summed E-state index contributed by atoms with van der Waals surface area (Å²) in [7, 11) is -0.576. The van der Waals surface area contributed by atoms with E-state index in [1.807, 2.05) is 0 Å². The van der Waals surface area contributed by atoms with Gasteiger partial charge in [-0.1, -0.05) is 0 Å². The minimum absolute atomic E-state index is 0.576. The van der Waals surface area contributed by atoms with Crippen LogP contribution in [0.3, 0.4) is 0 Å². The third kappa shape index (κ3) is 1.67. The summed E-state index contributed by atoms with van der Waals surface area (Å²) >= 11 is 0. The highest BCUT2D eigenvalue weighted by molar-refractivity contribution is 7.77. The van der Waals surface area contributed by atoms with Crippen LogP contribution < -0.4 is 0 Å². The van der Waals surface area contributed by atoms with E-state index < -0.39 is 7.26 Å². The fourth-order valence-corrected chi connectivity index (χ4v) is 5.65. The van der Waals surface area contributed by atoms with Gasteiger partial charge in [0.25, 0.3) is 0 Å². The molecule has 0 amide bonds. The number of allylic oxidation sites excluding steroid dienone is 1. The van der Waals surface area contributed by atoms with Crippen molar-refractivity contribution in [1.82, 2.24) is 0 Å². The van der Waals surface area contributed by atoms with Gasteiger partial charge in [-0.05, 0) is 37.2 Å². The number of rotatable bonds is 0. The molecule has 1 saturated carbocycles. The fourth-order valence-electron chi connectivity index (χ4n) is 2.68. The lowest BCUT2D eigenvalue weighted by molar-refractivity contribution is 0.452. The number of fused-ring (bicyclic) bond motifs is 2. The second-order valence-electron chi connectivity index (χ2n) is 4.71. The maximum atomic E-state index is 2.64. The first kappa shape index (κ1) is 7.80. The van der Waals surface area contributed by atoms with Crippen molar-refractivity contribution in [2.75, 3.05) is 19.5 Å². The van der Waals surface area contributed by atoms with Gasteiger partial charge in [0.05, 0.1) is 25.3 Å². The molecule has 0 spiro atoms. The third-order valence-corrected chi connectivity index (χ3v) is 5.44. The highest BCUT2D eigenvalue weighted by Gasteiger charge is 2.35. The molecule has 2 aliphatic rings. The van der Waals surface area contributed by atoms with Gasteiger partial charge in [-0.3, -0.25) is 0 Å². The van der Waals surface area contributed by atoms with Crippen molar-refractivity contribution in [3.8, 4) is 0 Å². The molecule has 0 aromatic rings. The fraction of sp³-hybridized carbons (Fsp3) is 0.800. The van der Waals surface area contributed by atoms with Crippen molar-refractivity contribution in [3.63, 3.8) is 0 Å². The Balaban J connectivity index is 2.23. The molecule has 1 heterocycles.